The van der Waals surface area contributed by atoms with E-state index < -0.39 is 5.97 Å². The molecule has 0 atom stereocenters. The van der Waals surface area contributed by atoms with Crippen LogP contribution in [-0.4, -0.2) is 86.0 Å². The van der Waals surface area contributed by atoms with Crippen LogP contribution in [0.4, 0.5) is 0 Å². The van der Waals surface area contributed by atoms with Crippen molar-refractivity contribution < 1.29 is 9.90 Å². The fourth-order valence-corrected chi connectivity index (χ4v) is 1.37. The number of nitrogens with two attached hydrogens (primary N) is 1. The van der Waals surface area contributed by atoms with Crippen molar-refractivity contribution in [2.45, 2.75) is 31.7 Å². The maximum atomic E-state index is 10.4. The van der Waals surface area contributed by atoms with E-state index in [0.717, 1.165) is 25.7 Å². The molecular weight excluding hydrogens is 263 g/mol. The Labute approximate surface area is 126 Å². The van der Waals surface area contributed by atoms with E-state index >= 15 is 0 Å². The number of rotatable bonds is 1. The summed E-state index contributed by atoms with van der Waals surface area (Å²) in [5.74, 6) is -0.785. The van der Waals surface area contributed by atoms with Gasteiger partial charge >= 0.3 is 74.9 Å². The summed E-state index contributed by atoms with van der Waals surface area (Å²) in [4.78, 5) is 10.4. The topological polar surface area (TPSA) is 63.3 Å². The number of carbonyl (C=O) groups is 1. The van der Waals surface area contributed by atoms with Crippen LogP contribution >= 0.6 is 0 Å². The number of aliphatic carboxylic acids is 1. The third-order valence-corrected chi connectivity index (χ3v) is 2.12. The molecule has 0 aromatic rings. The van der Waals surface area contributed by atoms with Crippen molar-refractivity contribution >= 4 is 74.9 Å². The number of hydrogen-bond donors (Lipinski definition) is 2. The van der Waals surface area contributed by atoms with Gasteiger partial charge in [0.2, 0.25) is 0 Å². The molecule has 3 nitrogen and oxygen atoms in total. The molecule has 0 saturated heterocycles. The van der Waals surface area contributed by atoms with Gasteiger partial charge < -0.3 is 10.8 Å². The summed E-state index contributed by atoms with van der Waals surface area (Å²) in [6, 6.07) is 0.246. The van der Waals surface area contributed by atoms with Crippen molar-refractivity contribution in [3.05, 3.63) is 0 Å². The fraction of sp³-hybridized carbons (Fsp3) is 0.857. The van der Waals surface area contributed by atoms with E-state index in [2.05, 4.69) is 0 Å². The Hall–Kier alpha value is 1.48. The molecule has 1 aliphatic carbocycles. The van der Waals surface area contributed by atoms with Crippen molar-refractivity contribution in [1.29, 1.82) is 0 Å². The van der Waals surface area contributed by atoms with E-state index in [4.69, 9.17) is 10.8 Å². The van der Waals surface area contributed by atoms with Gasteiger partial charge in [0.1, 0.15) is 0 Å². The summed E-state index contributed by atoms with van der Waals surface area (Å²) in [6.45, 7) is 0. The van der Waals surface area contributed by atoms with Crippen LogP contribution in [0.1, 0.15) is 25.7 Å². The average Bonchev–Trinajstić information content (AvgIpc) is 1.88. The zero-order valence-electron chi connectivity index (χ0n) is 5.92. The number of carboxylic acids is 1. The number of carboxylic acid groups (broad SMARTS) is 1. The molecule has 0 amide bonds. The summed E-state index contributed by atoms with van der Waals surface area (Å²) in [7, 11) is 0. The van der Waals surface area contributed by atoms with Crippen molar-refractivity contribution in [3.63, 3.8) is 0 Å². The van der Waals surface area contributed by atoms with E-state index in [1.165, 1.54) is 0 Å². The van der Waals surface area contributed by atoms with Crippen LogP contribution in [-0.2, 0) is 4.79 Å². The van der Waals surface area contributed by atoms with Crippen LogP contribution in [0.15, 0.2) is 0 Å². The molecule has 1 saturated carbocycles. The minimum atomic E-state index is -0.660. The molecule has 0 aromatic carbocycles. The molecule has 0 aliphatic heterocycles. The van der Waals surface area contributed by atoms with E-state index in [0.29, 0.717) is 0 Å². The summed E-state index contributed by atoms with van der Waals surface area (Å²) < 4.78 is 0. The van der Waals surface area contributed by atoms with Gasteiger partial charge in [0.05, 0.1) is 5.92 Å². The van der Waals surface area contributed by atoms with Gasteiger partial charge in [-0.3, -0.25) is 4.79 Å². The Bertz CT molecular complexity index is 132. The first-order valence-electron chi connectivity index (χ1n) is 3.68. The van der Waals surface area contributed by atoms with Crippen LogP contribution in [0.5, 0.6) is 0 Å². The van der Waals surface area contributed by atoms with Crippen molar-refractivity contribution in [3.8, 4) is 0 Å². The second-order valence-corrected chi connectivity index (χ2v) is 2.95. The minimum absolute atomic E-state index is 0. The molecule has 4 heteroatoms. The Morgan fingerprint density at radius 3 is 2.09 bits per heavy atom. The quantitative estimate of drug-likeness (QED) is 0.706. The van der Waals surface area contributed by atoms with Gasteiger partial charge in [-0.05, 0) is 25.7 Å². The molecule has 0 aromatic heterocycles. The van der Waals surface area contributed by atoms with Crippen molar-refractivity contribution in [2.75, 3.05) is 0 Å². The molecule has 0 spiro atoms. The molecule has 0 unspecified atom stereocenters. The summed E-state index contributed by atoms with van der Waals surface area (Å²) in [6.07, 6.45) is 3.26. The molecule has 60 valence electrons. The SMILES string of the molecule is NC1CCC(C(=O)O)CC1.[CsH]. The molecule has 1 rings (SSSR count). The van der Waals surface area contributed by atoms with Crippen molar-refractivity contribution in [2.24, 2.45) is 11.7 Å². The predicted molar refractivity (Wildman–Crippen MR) is 44.7 cm³/mol. The fourth-order valence-electron chi connectivity index (χ4n) is 1.37. The van der Waals surface area contributed by atoms with Gasteiger partial charge in [-0.2, -0.15) is 0 Å². The second kappa shape index (κ2) is 6.02. The van der Waals surface area contributed by atoms with Crippen LogP contribution in [0.25, 0.3) is 0 Å². The van der Waals surface area contributed by atoms with Gasteiger partial charge in [0, 0.05) is 6.04 Å². The van der Waals surface area contributed by atoms with Gasteiger partial charge in [-0.15, -0.1) is 0 Å². The summed E-state index contributed by atoms with van der Waals surface area (Å²) >= 11 is 0. The van der Waals surface area contributed by atoms with E-state index in [-0.39, 0.29) is 80.9 Å². The Morgan fingerprint density at radius 1 is 1.27 bits per heavy atom. The first-order valence-corrected chi connectivity index (χ1v) is 3.68. The first-order chi connectivity index (χ1) is 4.70. The van der Waals surface area contributed by atoms with Crippen LogP contribution < -0.4 is 5.73 Å². The molecule has 1 aliphatic rings. The third kappa shape index (κ3) is 4.31. The summed E-state index contributed by atoms with van der Waals surface area (Å²) in [5, 5.41) is 8.58. The Morgan fingerprint density at radius 2 is 1.73 bits per heavy atom. The zero-order valence-corrected chi connectivity index (χ0v) is 5.92. The van der Waals surface area contributed by atoms with Gasteiger partial charge in [-0.1, -0.05) is 0 Å². The molecule has 0 radical (unpaired) electrons. The third-order valence-electron chi connectivity index (χ3n) is 2.12. The van der Waals surface area contributed by atoms with Gasteiger partial charge in [-0.25, -0.2) is 0 Å². The molecule has 0 heterocycles. The molecule has 3 N–H and O–H groups in total. The van der Waals surface area contributed by atoms with E-state index in [1.54, 1.807) is 0 Å². The zero-order chi connectivity index (χ0) is 7.56. The molecular formula is C7H14CsNO2. The second-order valence-electron chi connectivity index (χ2n) is 2.95. The van der Waals surface area contributed by atoms with Crippen LogP contribution in [0.3, 0.4) is 0 Å². The van der Waals surface area contributed by atoms with Gasteiger partial charge in [0.25, 0.3) is 0 Å². The van der Waals surface area contributed by atoms with Crippen LogP contribution in [0, 0.1) is 5.92 Å². The Balaban J connectivity index is 0.000001000. The number of hydrogen-bond acceptors (Lipinski definition) is 2. The monoisotopic (exact) mass is 277 g/mol. The molecule has 0 bridgehead atoms. The first kappa shape index (κ1) is 12.5. The predicted octanol–water partition coefficient (Wildman–Crippen LogP) is -0.0600. The van der Waals surface area contributed by atoms with E-state index in [1.807, 2.05) is 0 Å². The van der Waals surface area contributed by atoms with Gasteiger partial charge in [0.15, 0.2) is 0 Å². The maximum absolute atomic E-state index is 10.4. The molecule has 11 heavy (non-hydrogen) atoms. The average molecular weight is 277 g/mol. The summed E-state index contributed by atoms with van der Waals surface area (Å²) in [5.41, 5.74) is 5.60. The molecule has 1 fully saturated rings. The Kier molecular flexibility index (Phi) is 6.83. The van der Waals surface area contributed by atoms with Crippen LogP contribution in [0.2, 0.25) is 0 Å². The standard InChI is InChI=1S/C7H13NO2.Cs.H/c8-6-3-1-5(2-4-6)7(9)10;;/h5-6H,1-4,8H2,(H,9,10);;. The van der Waals surface area contributed by atoms with Crippen molar-refractivity contribution in [1.82, 2.24) is 0 Å². The van der Waals surface area contributed by atoms with E-state index in [9.17, 15) is 4.79 Å². The normalized spacial score (nSPS) is 30.6.